The third-order valence-electron chi connectivity index (χ3n) is 1.82. The number of alkyl halides is 4. The van der Waals surface area contributed by atoms with Crippen LogP contribution in [0.25, 0.3) is 0 Å². The SMILES string of the molecule is CCCCC(F)(F)C(F)(F)CC. The first kappa shape index (κ1) is 11.7. The van der Waals surface area contributed by atoms with Crippen molar-refractivity contribution >= 4 is 0 Å². The Morgan fingerprint density at radius 3 is 1.75 bits per heavy atom. The van der Waals surface area contributed by atoms with Crippen molar-refractivity contribution in [3.63, 3.8) is 0 Å². The molecule has 0 bridgehead atoms. The molecule has 4 heteroatoms. The van der Waals surface area contributed by atoms with E-state index in [4.69, 9.17) is 0 Å². The van der Waals surface area contributed by atoms with Gasteiger partial charge in [0.2, 0.25) is 0 Å². The molecule has 12 heavy (non-hydrogen) atoms. The van der Waals surface area contributed by atoms with Gasteiger partial charge in [-0.05, 0) is 6.42 Å². The van der Waals surface area contributed by atoms with Crippen molar-refractivity contribution in [2.45, 2.75) is 51.4 Å². The predicted octanol–water partition coefficient (Wildman–Crippen LogP) is 3.86. The maximum atomic E-state index is 12.6. The van der Waals surface area contributed by atoms with E-state index >= 15 is 0 Å². The lowest BCUT2D eigenvalue weighted by molar-refractivity contribution is -0.213. The molecular formula is C8H14F4. The van der Waals surface area contributed by atoms with Crippen LogP contribution in [-0.4, -0.2) is 11.8 Å². The first-order valence-electron chi connectivity index (χ1n) is 4.13. The van der Waals surface area contributed by atoms with Crippen LogP contribution in [0.1, 0.15) is 39.5 Å². The van der Waals surface area contributed by atoms with Crippen LogP contribution in [0.3, 0.4) is 0 Å². The second kappa shape index (κ2) is 4.10. The van der Waals surface area contributed by atoms with Crippen molar-refractivity contribution < 1.29 is 17.6 Å². The van der Waals surface area contributed by atoms with Crippen LogP contribution in [0.4, 0.5) is 17.6 Å². The molecule has 0 spiro atoms. The van der Waals surface area contributed by atoms with Crippen LogP contribution in [0, 0.1) is 0 Å². The van der Waals surface area contributed by atoms with Crippen LogP contribution >= 0.6 is 0 Å². The summed E-state index contributed by atoms with van der Waals surface area (Å²) in [6.45, 7) is 2.76. The highest BCUT2D eigenvalue weighted by molar-refractivity contribution is 4.82. The van der Waals surface area contributed by atoms with Gasteiger partial charge in [-0.15, -0.1) is 0 Å². The molecule has 0 rings (SSSR count). The van der Waals surface area contributed by atoms with E-state index < -0.39 is 24.7 Å². The Morgan fingerprint density at radius 1 is 0.917 bits per heavy atom. The summed E-state index contributed by atoms with van der Waals surface area (Å²) in [5, 5.41) is 0. The first-order valence-corrected chi connectivity index (χ1v) is 4.13. The second-order valence-corrected chi connectivity index (χ2v) is 2.87. The van der Waals surface area contributed by atoms with Crippen molar-refractivity contribution in [1.29, 1.82) is 0 Å². The van der Waals surface area contributed by atoms with Crippen molar-refractivity contribution in [3.05, 3.63) is 0 Å². The molecule has 0 radical (unpaired) electrons. The van der Waals surface area contributed by atoms with Gasteiger partial charge in [0.05, 0.1) is 0 Å². The summed E-state index contributed by atoms with van der Waals surface area (Å²) in [4.78, 5) is 0. The lowest BCUT2D eigenvalue weighted by Gasteiger charge is -2.25. The minimum Gasteiger partial charge on any atom is -0.200 e. The molecule has 0 aliphatic carbocycles. The first-order chi connectivity index (χ1) is 5.37. The number of hydrogen-bond acceptors (Lipinski definition) is 0. The number of hydrogen-bond donors (Lipinski definition) is 0. The van der Waals surface area contributed by atoms with Crippen LogP contribution < -0.4 is 0 Å². The molecular weight excluding hydrogens is 172 g/mol. The molecule has 0 unspecified atom stereocenters. The Morgan fingerprint density at radius 2 is 1.42 bits per heavy atom. The molecule has 0 aliphatic heterocycles. The fourth-order valence-electron chi connectivity index (χ4n) is 0.840. The zero-order valence-electron chi connectivity index (χ0n) is 7.34. The quantitative estimate of drug-likeness (QED) is 0.572. The van der Waals surface area contributed by atoms with E-state index in [0.29, 0.717) is 6.42 Å². The highest BCUT2D eigenvalue weighted by Gasteiger charge is 2.53. The largest absolute Gasteiger partial charge is 0.310 e. The van der Waals surface area contributed by atoms with Crippen molar-refractivity contribution in [2.75, 3.05) is 0 Å². The van der Waals surface area contributed by atoms with Gasteiger partial charge < -0.3 is 0 Å². The molecule has 0 N–H and O–H groups in total. The van der Waals surface area contributed by atoms with E-state index in [-0.39, 0.29) is 6.42 Å². The zero-order chi connectivity index (χ0) is 9.83. The molecule has 0 amide bonds. The van der Waals surface area contributed by atoms with Crippen LogP contribution in [0.15, 0.2) is 0 Å². The summed E-state index contributed by atoms with van der Waals surface area (Å²) in [5.41, 5.74) is 0. The standard InChI is InChI=1S/C8H14F4/c1-3-5-6-8(11,12)7(9,10)4-2/h3-6H2,1-2H3. The smallest absolute Gasteiger partial charge is 0.200 e. The molecule has 0 aliphatic rings. The highest BCUT2D eigenvalue weighted by Crippen LogP contribution is 2.40. The third kappa shape index (κ3) is 2.64. The van der Waals surface area contributed by atoms with E-state index in [0.717, 1.165) is 6.92 Å². The maximum absolute atomic E-state index is 12.6. The lowest BCUT2D eigenvalue weighted by Crippen LogP contribution is -2.39. The average Bonchev–Trinajstić information content (AvgIpc) is 2.00. The summed E-state index contributed by atoms with van der Waals surface area (Å²) in [5.74, 6) is -7.68. The van der Waals surface area contributed by atoms with E-state index in [1.807, 2.05) is 0 Å². The minimum absolute atomic E-state index is 0.141. The zero-order valence-corrected chi connectivity index (χ0v) is 7.34. The Bertz CT molecular complexity index is 131. The third-order valence-corrected chi connectivity index (χ3v) is 1.82. The molecule has 0 saturated heterocycles. The second-order valence-electron chi connectivity index (χ2n) is 2.87. The molecule has 0 aromatic rings. The lowest BCUT2D eigenvalue weighted by atomic mass is 10.0. The average molecular weight is 186 g/mol. The summed E-state index contributed by atoms with van der Waals surface area (Å²) in [6, 6.07) is 0. The van der Waals surface area contributed by atoms with Gasteiger partial charge in [-0.1, -0.05) is 20.3 Å². The Labute approximate surface area is 70.0 Å². The molecule has 0 atom stereocenters. The molecule has 0 nitrogen and oxygen atoms in total. The monoisotopic (exact) mass is 186 g/mol. The number of rotatable bonds is 5. The van der Waals surface area contributed by atoms with Crippen molar-refractivity contribution in [1.82, 2.24) is 0 Å². The van der Waals surface area contributed by atoms with Gasteiger partial charge >= 0.3 is 11.8 Å². The molecule has 0 fully saturated rings. The van der Waals surface area contributed by atoms with E-state index in [2.05, 4.69) is 0 Å². The number of unbranched alkanes of at least 4 members (excludes halogenated alkanes) is 1. The topological polar surface area (TPSA) is 0 Å². The van der Waals surface area contributed by atoms with Gasteiger partial charge in [0, 0.05) is 12.8 Å². The van der Waals surface area contributed by atoms with E-state index in [1.165, 1.54) is 0 Å². The fourth-order valence-corrected chi connectivity index (χ4v) is 0.840. The predicted molar refractivity (Wildman–Crippen MR) is 39.7 cm³/mol. The van der Waals surface area contributed by atoms with E-state index in [9.17, 15) is 17.6 Å². The summed E-state index contributed by atoms with van der Waals surface area (Å²) in [6.07, 6.45) is -0.869. The van der Waals surface area contributed by atoms with Gasteiger partial charge in [-0.2, -0.15) is 17.6 Å². The molecule has 0 heterocycles. The van der Waals surface area contributed by atoms with Gasteiger partial charge in [-0.3, -0.25) is 0 Å². The normalized spacial score (nSPS) is 13.5. The number of halogens is 4. The Hall–Kier alpha value is -0.280. The fraction of sp³-hybridized carbons (Fsp3) is 1.00. The summed E-state index contributed by atoms with van der Waals surface area (Å²) >= 11 is 0. The maximum Gasteiger partial charge on any atom is 0.310 e. The molecule has 0 saturated carbocycles. The van der Waals surface area contributed by atoms with Gasteiger partial charge in [0.25, 0.3) is 0 Å². The van der Waals surface area contributed by atoms with E-state index in [1.54, 1.807) is 6.92 Å². The highest BCUT2D eigenvalue weighted by atomic mass is 19.3. The minimum atomic E-state index is -3.85. The molecule has 74 valence electrons. The van der Waals surface area contributed by atoms with Crippen LogP contribution in [0.5, 0.6) is 0 Å². The van der Waals surface area contributed by atoms with Crippen molar-refractivity contribution in [3.8, 4) is 0 Å². The van der Waals surface area contributed by atoms with Crippen LogP contribution in [0.2, 0.25) is 0 Å². The van der Waals surface area contributed by atoms with Crippen molar-refractivity contribution in [2.24, 2.45) is 0 Å². The van der Waals surface area contributed by atoms with Crippen LogP contribution in [-0.2, 0) is 0 Å². The van der Waals surface area contributed by atoms with Gasteiger partial charge in [0.15, 0.2) is 0 Å². The molecule has 0 aromatic carbocycles. The Balaban J connectivity index is 4.17. The summed E-state index contributed by atoms with van der Waals surface area (Å²) in [7, 11) is 0. The Kier molecular flexibility index (Phi) is 4.00. The molecule has 0 aromatic heterocycles. The summed E-state index contributed by atoms with van der Waals surface area (Å²) < 4.78 is 50.3. The van der Waals surface area contributed by atoms with Gasteiger partial charge in [-0.25, -0.2) is 0 Å². The van der Waals surface area contributed by atoms with Gasteiger partial charge in [0.1, 0.15) is 0 Å².